The third kappa shape index (κ3) is 3.13. The van der Waals surface area contributed by atoms with Gasteiger partial charge in [-0.3, -0.25) is 4.79 Å². The molecule has 0 bridgehead atoms. The summed E-state index contributed by atoms with van der Waals surface area (Å²) in [5.74, 6) is 0.611. The number of amides is 1. The number of aliphatic hydroxyl groups is 1. The first-order chi connectivity index (χ1) is 14.5. The van der Waals surface area contributed by atoms with Crippen LogP contribution in [0.1, 0.15) is 41.7 Å². The van der Waals surface area contributed by atoms with Crippen LogP contribution in [0.3, 0.4) is 0 Å². The fourth-order valence-corrected chi connectivity index (χ4v) is 4.69. The molecular formula is C23H27N5O2. The fraction of sp³-hybridized carbons (Fsp3) is 0.435. The lowest BCUT2D eigenvalue weighted by Gasteiger charge is -2.26. The molecule has 3 aromatic rings. The van der Waals surface area contributed by atoms with Crippen LogP contribution in [-0.4, -0.2) is 56.2 Å². The zero-order chi connectivity index (χ0) is 20.8. The number of rotatable bonds is 3. The lowest BCUT2D eigenvalue weighted by molar-refractivity contribution is 0.0752. The minimum atomic E-state index is -0.191. The molecule has 30 heavy (non-hydrogen) atoms. The van der Waals surface area contributed by atoms with Gasteiger partial charge in [-0.2, -0.15) is 4.98 Å². The van der Waals surface area contributed by atoms with Crippen molar-refractivity contribution < 1.29 is 9.90 Å². The van der Waals surface area contributed by atoms with Gasteiger partial charge in [0.2, 0.25) is 5.95 Å². The van der Waals surface area contributed by atoms with E-state index in [0.717, 1.165) is 53.4 Å². The normalized spacial score (nSPS) is 21.7. The average molecular weight is 406 g/mol. The maximum atomic E-state index is 13.1. The molecule has 1 aliphatic heterocycles. The summed E-state index contributed by atoms with van der Waals surface area (Å²) < 4.78 is 2.05. The second-order valence-corrected chi connectivity index (χ2v) is 8.50. The van der Waals surface area contributed by atoms with Crippen LogP contribution in [-0.2, 0) is 6.54 Å². The lowest BCUT2D eigenvalue weighted by Crippen LogP contribution is -2.37. The summed E-state index contributed by atoms with van der Waals surface area (Å²) in [6.07, 6.45) is 5.09. The highest BCUT2D eigenvalue weighted by atomic mass is 16.3. The maximum Gasteiger partial charge on any atom is 0.271 e. The second kappa shape index (κ2) is 7.40. The molecule has 0 atom stereocenters. The number of aliphatic hydroxyl groups excluding tert-OH is 1. The number of fused-ring (bicyclic) bond motifs is 3. The summed E-state index contributed by atoms with van der Waals surface area (Å²) in [5, 5.41) is 14.1. The molecule has 2 aliphatic rings. The number of aryl methyl sites for hydroxylation is 1. The van der Waals surface area contributed by atoms with Crippen LogP contribution in [0.4, 0.5) is 5.95 Å². The molecule has 1 aliphatic carbocycles. The van der Waals surface area contributed by atoms with E-state index < -0.39 is 0 Å². The van der Waals surface area contributed by atoms with Gasteiger partial charge in [0.25, 0.3) is 5.91 Å². The summed E-state index contributed by atoms with van der Waals surface area (Å²) in [4.78, 5) is 24.4. The van der Waals surface area contributed by atoms with Gasteiger partial charge in [0.05, 0.1) is 6.10 Å². The molecule has 2 aromatic heterocycles. The van der Waals surface area contributed by atoms with Crippen molar-refractivity contribution in [3.63, 3.8) is 0 Å². The minimum absolute atomic E-state index is 0.0216. The molecule has 3 heterocycles. The van der Waals surface area contributed by atoms with E-state index in [1.807, 2.05) is 25.4 Å². The van der Waals surface area contributed by atoms with Crippen molar-refractivity contribution >= 4 is 22.9 Å². The third-order valence-electron chi connectivity index (χ3n) is 6.45. The minimum Gasteiger partial charge on any atom is -0.393 e. The van der Waals surface area contributed by atoms with Crippen LogP contribution >= 0.6 is 0 Å². The maximum absolute atomic E-state index is 13.1. The van der Waals surface area contributed by atoms with E-state index in [4.69, 9.17) is 4.98 Å². The highest BCUT2D eigenvalue weighted by Crippen LogP contribution is 2.38. The SMILES string of the molecule is Cc1ccccc1-c1c2n(c3nc(NC4CCC(O)CC4)ncc13)CCN(C)C2=O. The van der Waals surface area contributed by atoms with Crippen molar-refractivity contribution in [3.8, 4) is 11.1 Å². The zero-order valence-corrected chi connectivity index (χ0v) is 17.4. The summed E-state index contributed by atoms with van der Waals surface area (Å²) >= 11 is 0. The van der Waals surface area contributed by atoms with Gasteiger partial charge in [-0.1, -0.05) is 24.3 Å². The standard InChI is InChI=1S/C23H27N5O2/c1-14-5-3-4-6-17(14)19-18-13-24-23(25-15-7-9-16(29)10-8-15)26-21(18)28-12-11-27(2)22(30)20(19)28/h3-6,13,15-16,29H,7-12H2,1-2H3,(H,24,25,26). The Morgan fingerprint density at radius 1 is 1.13 bits per heavy atom. The van der Waals surface area contributed by atoms with Gasteiger partial charge in [-0.15, -0.1) is 0 Å². The highest BCUT2D eigenvalue weighted by Gasteiger charge is 2.31. The molecule has 1 aromatic carbocycles. The van der Waals surface area contributed by atoms with E-state index in [0.29, 0.717) is 24.7 Å². The highest BCUT2D eigenvalue weighted by molar-refractivity contribution is 6.10. The van der Waals surface area contributed by atoms with Crippen molar-refractivity contribution in [1.29, 1.82) is 0 Å². The summed E-state index contributed by atoms with van der Waals surface area (Å²) in [5.41, 5.74) is 4.59. The monoisotopic (exact) mass is 405 g/mol. The predicted molar refractivity (Wildman–Crippen MR) is 117 cm³/mol. The number of carbonyl (C=O) groups is 1. The molecular weight excluding hydrogens is 378 g/mol. The van der Waals surface area contributed by atoms with Crippen molar-refractivity contribution in [3.05, 3.63) is 41.7 Å². The van der Waals surface area contributed by atoms with Gasteiger partial charge in [-0.05, 0) is 43.7 Å². The Labute approximate surface area is 175 Å². The fourth-order valence-electron chi connectivity index (χ4n) is 4.69. The van der Waals surface area contributed by atoms with Gasteiger partial charge >= 0.3 is 0 Å². The van der Waals surface area contributed by atoms with Gasteiger partial charge < -0.3 is 19.9 Å². The Morgan fingerprint density at radius 3 is 2.67 bits per heavy atom. The van der Waals surface area contributed by atoms with E-state index in [1.165, 1.54) is 0 Å². The number of nitrogens with one attached hydrogen (secondary N) is 1. The quantitative estimate of drug-likeness (QED) is 0.699. The molecule has 1 amide bonds. The summed E-state index contributed by atoms with van der Waals surface area (Å²) in [6, 6.07) is 8.41. The Kier molecular flexibility index (Phi) is 4.70. The topological polar surface area (TPSA) is 83.3 Å². The Hall–Kier alpha value is -2.93. The molecule has 1 fully saturated rings. The van der Waals surface area contributed by atoms with E-state index in [-0.39, 0.29) is 18.1 Å². The molecule has 7 nitrogen and oxygen atoms in total. The molecule has 5 rings (SSSR count). The van der Waals surface area contributed by atoms with Gasteiger partial charge in [0, 0.05) is 43.3 Å². The Bertz CT molecular complexity index is 1110. The zero-order valence-electron chi connectivity index (χ0n) is 17.4. The first kappa shape index (κ1) is 19.1. The molecule has 2 N–H and O–H groups in total. The molecule has 0 spiro atoms. The first-order valence-corrected chi connectivity index (χ1v) is 10.7. The molecule has 0 saturated heterocycles. The summed E-state index contributed by atoms with van der Waals surface area (Å²) in [6.45, 7) is 3.44. The molecule has 156 valence electrons. The molecule has 0 radical (unpaired) electrons. The van der Waals surface area contributed by atoms with Crippen LogP contribution in [0.5, 0.6) is 0 Å². The lowest BCUT2D eigenvalue weighted by atomic mass is 9.93. The van der Waals surface area contributed by atoms with Crippen molar-refractivity contribution in [2.24, 2.45) is 0 Å². The van der Waals surface area contributed by atoms with E-state index in [2.05, 4.69) is 33.9 Å². The number of aromatic nitrogens is 3. The largest absolute Gasteiger partial charge is 0.393 e. The number of hydrogen-bond donors (Lipinski definition) is 2. The van der Waals surface area contributed by atoms with Crippen LogP contribution < -0.4 is 5.32 Å². The van der Waals surface area contributed by atoms with Crippen molar-refractivity contribution in [2.45, 2.75) is 51.3 Å². The third-order valence-corrected chi connectivity index (χ3v) is 6.45. The van der Waals surface area contributed by atoms with Crippen molar-refractivity contribution in [2.75, 3.05) is 18.9 Å². The van der Waals surface area contributed by atoms with Gasteiger partial charge in [-0.25, -0.2) is 4.98 Å². The van der Waals surface area contributed by atoms with E-state index >= 15 is 0 Å². The number of nitrogens with zero attached hydrogens (tertiary/aromatic N) is 4. The first-order valence-electron chi connectivity index (χ1n) is 10.7. The molecule has 7 heteroatoms. The van der Waals surface area contributed by atoms with Crippen LogP contribution in [0.25, 0.3) is 22.2 Å². The number of benzene rings is 1. The number of hydrogen-bond acceptors (Lipinski definition) is 5. The number of carbonyl (C=O) groups excluding carboxylic acids is 1. The average Bonchev–Trinajstić information content (AvgIpc) is 3.07. The van der Waals surface area contributed by atoms with Gasteiger partial charge in [0.1, 0.15) is 11.3 Å². The number of anilines is 1. The van der Waals surface area contributed by atoms with Crippen molar-refractivity contribution in [1.82, 2.24) is 19.4 Å². The van der Waals surface area contributed by atoms with Crippen LogP contribution in [0.15, 0.2) is 30.5 Å². The summed E-state index contributed by atoms with van der Waals surface area (Å²) in [7, 11) is 1.85. The van der Waals surface area contributed by atoms with Crippen LogP contribution in [0, 0.1) is 6.92 Å². The van der Waals surface area contributed by atoms with E-state index in [1.54, 1.807) is 4.90 Å². The molecule has 0 unspecified atom stereocenters. The second-order valence-electron chi connectivity index (χ2n) is 8.50. The Morgan fingerprint density at radius 2 is 1.90 bits per heavy atom. The molecule has 1 saturated carbocycles. The van der Waals surface area contributed by atoms with Crippen LogP contribution in [0.2, 0.25) is 0 Å². The van der Waals surface area contributed by atoms with Gasteiger partial charge in [0.15, 0.2) is 0 Å². The number of likely N-dealkylation sites (N-methyl/N-ethyl adjacent to an activating group) is 1. The smallest absolute Gasteiger partial charge is 0.271 e. The van der Waals surface area contributed by atoms with E-state index in [9.17, 15) is 9.90 Å². The predicted octanol–water partition coefficient (Wildman–Crippen LogP) is 3.21. The Balaban J connectivity index is 1.63.